The van der Waals surface area contributed by atoms with Crippen LogP contribution in [0.5, 0.6) is 5.75 Å². The molecule has 0 unspecified atom stereocenters. The van der Waals surface area contributed by atoms with Crippen LogP contribution < -0.4 is 10.1 Å². The van der Waals surface area contributed by atoms with Gasteiger partial charge in [-0.1, -0.05) is 0 Å². The van der Waals surface area contributed by atoms with Crippen LogP contribution in [0.2, 0.25) is 0 Å². The number of thiophene rings is 1. The molecule has 26 heavy (non-hydrogen) atoms. The highest BCUT2D eigenvalue weighted by atomic mass is 32.2. The van der Waals surface area contributed by atoms with Gasteiger partial charge in [0.15, 0.2) is 0 Å². The number of amides is 1. The molecule has 0 atom stereocenters. The summed E-state index contributed by atoms with van der Waals surface area (Å²) < 4.78 is 10.1. The largest absolute Gasteiger partial charge is 0.497 e. The number of thioether (sulfide) groups is 1. The molecule has 7 heteroatoms. The van der Waals surface area contributed by atoms with Crippen LogP contribution in [0.15, 0.2) is 35.2 Å². The molecule has 0 spiro atoms. The molecule has 140 valence electrons. The Labute approximate surface area is 162 Å². The van der Waals surface area contributed by atoms with Gasteiger partial charge in [-0.2, -0.15) is 0 Å². The first-order valence-corrected chi connectivity index (χ1v) is 10.2. The minimum atomic E-state index is -0.341. The van der Waals surface area contributed by atoms with E-state index in [1.54, 1.807) is 31.9 Å². The minimum absolute atomic E-state index is 0.0445. The van der Waals surface area contributed by atoms with Crippen LogP contribution in [0, 0.1) is 6.92 Å². The maximum absolute atomic E-state index is 12.1. The summed E-state index contributed by atoms with van der Waals surface area (Å²) in [5, 5.41) is 3.54. The molecule has 5 nitrogen and oxygen atoms in total. The van der Waals surface area contributed by atoms with E-state index in [9.17, 15) is 9.59 Å². The molecule has 1 aromatic heterocycles. The molecule has 0 radical (unpaired) electrons. The lowest BCUT2D eigenvalue weighted by Crippen LogP contribution is -2.10. The van der Waals surface area contributed by atoms with Gasteiger partial charge in [0.1, 0.15) is 10.6 Å². The fraction of sp³-hybridized carbons (Fsp3) is 0.368. The van der Waals surface area contributed by atoms with Crippen molar-refractivity contribution in [2.75, 3.05) is 24.8 Å². The van der Waals surface area contributed by atoms with Crippen LogP contribution in [-0.4, -0.2) is 31.3 Å². The van der Waals surface area contributed by atoms with Gasteiger partial charge in [0.2, 0.25) is 5.91 Å². The van der Waals surface area contributed by atoms with Crippen LogP contribution in [0.25, 0.3) is 0 Å². The molecule has 0 aliphatic heterocycles. The zero-order chi connectivity index (χ0) is 18.9. The summed E-state index contributed by atoms with van der Waals surface area (Å²) in [5.74, 6) is 1.31. The standard InChI is InChI=1S/C19H23NO4S2/c1-4-24-19(22)18-13(2)12-17(26-18)20-16(21)6-5-11-25-15-9-7-14(23-3)8-10-15/h7-10,12H,4-6,11H2,1-3H3,(H,20,21). The summed E-state index contributed by atoms with van der Waals surface area (Å²) in [6.07, 6.45) is 1.21. The van der Waals surface area contributed by atoms with E-state index >= 15 is 0 Å². The maximum Gasteiger partial charge on any atom is 0.348 e. The van der Waals surface area contributed by atoms with Crippen molar-refractivity contribution in [2.45, 2.75) is 31.6 Å². The van der Waals surface area contributed by atoms with E-state index in [2.05, 4.69) is 5.32 Å². The Morgan fingerprint density at radius 2 is 1.96 bits per heavy atom. The first kappa shape index (κ1) is 20.3. The molecule has 0 fully saturated rings. The third kappa shape index (κ3) is 6.07. The lowest BCUT2D eigenvalue weighted by Gasteiger charge is -2.04. The van der Waals surface area contributed by atoms with E-state index in [1.165, 1.54) is 11.3 Å². The number of anilines is 1. The smallest absolute Gasteiger partial charge is 0.348 e. The van der Waals surface area contributed by atoms with Gasteiger partial charge < -0.3 is 14.8 Å². The highest BCUT2D eigenvalue weighted by molar-refractivity contribution is 7.99. The number of nitrogens with one attached hydrogen (secondary N) is 1. The summed E-state index contributed by atoms with van der Waals surface area (Å²) in [6, 6.07) is 9.68. The molecule has 2 rings (SSSR count). The summed E-state index contributed by atoms with van der Waals surface area (Å²) in [5.41, 5.74) is 0.818. The van der Waals surface area contributed by atoms with Crippen LogP contribution >= 0.6 is 23.1 Å². The van der Waals surface area contributed by atoms with Gasteiger partial charge >= 0.3 is 5.97 Å². The highest BCUT2D eigenvalue weighted by Gasteiger charge is 2.15. The topological polar surface area (TPSA) is 64.6 Å². The number of aryl methyl sites for hydroxylation is 1. The number of carbonyl (C=O) groups is 2. The number of rotatable bonds is 9. The molecule has 1 N–H and O–H groups in total. The second-order valence-electron chi connectivity index (χ2n) is 5.52. The Bertz CT molecular complexity index is 740. The zero-order valence-electron chi connectivity index (χ0n) is 15.2. The molecule has 0 saturated carbocycles. The molecule has 1 heterocycles. The predicted molar refractivity (Wildman–Crippen MR) is 107 cm³/mol. The number of ether oxygens (including phenoxy) is 2. The molecule has 0 bridgehead atoms. The predicted octanol–water partition coefficient (Wildman–Crippen LogP) is 4.75. The van der Waals surface area contributed by atoms with Gasteiger partial charge in [-0.25, -0.2) is 4.79 Å². The van der Waals surface area contributed by atoms with Crippen LogP contribution in [-0.2, 0) is 9.53 Å². The SMILES string of the molecule is CCOC(=O)c1sc(NC(=O)CCCSc2ccc(OC)cc2)cc1C. The minimum Gasteiger partial charge on any atom is -0.497 e. The third-order valence-electron chi connectivity index (χ3n) is 3.52. The Hall–Kier alpha value is -1.99. The van der Waals surface area contributed by atoms with Crippen molar-refractivity contribution in [1.29, 1.82) is 0 Å². The summed E-state index contributed by atoms with van der Waals surface area (Å²) in [4.78, 5) is 25.6. The number of hydrogen-bond donors (Lipinski definition) is 1. The lowest BCUT2D eigenvalue weighted by molar-refractivity contribution is -0.116. The van der Waals surface area contributed by atoms with Gasteiger partial charge in [-0.3, -0.25) is 4.79 Å². The van der Waals surface area contributed by atoms with Crippen LogP contribution in [0.4, 0.5) is 5.00 Å². The Morgan fingerprint density at radius 1 is 1.23 bits per heavy atom. The maximum atomic E-state index is 12.1. The normalized spacial score (nSPS) is 10.4. The fourth-order valence-electron chi connectivity index (χ4n) is 2.24. The van der Waals surface area contributed by atoms with Crippen LogP contribution in [0.3, 0.4) is 0 Å². The number of methoxy groups -OCH3 is 1. The summed E-state index contributed by atoms with van der Waals surface area (Å²) in [7, 11) is 1.64. The van der Waals surface area contributed by atoms with E-state index in [0.29, 0.717) is 22.9 Å². The van der Waals surface area contributed by atoms with Gasteiger partial charge in [0.25, 0.3) is 0 Å². The van der Waals surface area contributed by atoms with Gasteiger partial charge in [-0.05, 0) is 61.9 Å². The van der Waals surface area contributed by atoms with Crippen molar-refractivity contribution in [3.63, 3.8) is 0 Å². The number of carbonyl (C=O) groups excluding carboxylic acids is 2. The van der Waals surface area contributed by atoms with E-state index in [-0.39, 0.29) is 11.9 Å². The lowest BCUT2D eigenvalue weighted by atomic mass is 10.3. The number of hydrogen-bond acceptors (Lipinski definition) is 6. The average Bonchev–Trinajstić information content (AvgIpc) is 2.99. The first-order valence-electron chi connectivity index (χ1n) is 8.37. The van der Waals surface area contributed by atoms with Crippen molar-refractivity contribution in [2.24, 2.45) is 0 Å². The highest BCUT2D eigenvalue weighted by Crippen LogP contribution is 2.28. The molecule has 0 aliphatic carbocycles. The van der Waals surface area contributed by atoms with Crippen molar-refractivity contribution < 1.29 is 19.1 Å². The molecule has 0 saturated heterocycles. The fourth-order valence-corrected chi connectivity index (χ4v) is 4.07. The molecule has 2 aromatic rings. The monoisotopic (exact) mass is 393 g/mol. The zero-order valence-corrected chi connectivity index (χ0v) is 16.8. The van der Waals surface area contributed by atoms with Crippen LogP contribution in [0.1, 0.15) is 35.0 Å². The average molecular weight is 394 g/mol. The molecule has 1 amide bonds. The van der Waals surface area contributed by atoms with Crippen molar-refractivity contribution in [3.05, 3.63) is 40.8 Å². The Balaban J connectivity index is 1.74. The molecular formula is C19H23NO4S2. The van der Waals surface area contributed by atoms with E-state index in [4.69, 9.17) is 9.47 Å². The van der Waals surface area contributed by atoms with Gasteiger partial charge in [0.05, 0.1) is 18.7 Å². The Morgan fingerprint density at radius 3 is 2.62 bits per heavy atom. The molecule has 1 aromatic carbocycles. The first-order chi connectivity index (χ1) is 12.5. The van der Waals surface area contributed by atoms with Crippen molar-refractivity contribution in [1.82, 2.24) is 0 Å². The summed E-state index contributed by atoms with van der Waals surface area (Å²) in [6.45, 7) is 3.95. The quantitative estimate of drug-likeness (QED) is 0.378. The second kappa shape index (κ2) is 10.2. The molecule has 0 aliphatic rings. The third-order valence-corrected chi connectivity index (χ3v) is 5.75. The van der Waals surface area contributed by atoms with E-state index in [0.717, 1.165) is 28.4 Å². The van der Waals surface area contributed by atoms with E-state index < -0.39 is 0 Å². The summed E-state index contributed by atoms with van der Waals surface area (Å²) >= 11 is 2.96. The number of benzene rings is 1. The second-order valence-corrected chi connectivity index (χ2v) is 7.74. The van der Waals surface area contributed by atoms with Crippen molar-refractivity contribution in [3.8, 4) is 5.75 Å². The van der Waals surface area contributed by atoms with Gasteiger partial charge in [-0.15, -0.1) is 23.1 Å². The molecular weight excluding hydrogens is 370 g/mol. The Kier molecular flexibility index (Phi) is 8.00. The number of esters is 1. The van der Waals surface area contributed by atoms with Crippen molar-refractivity contribution >= 4 is 40.0 Å². The van der Waals surface area contributed by atoms with E-state index in [1.807, 2.05) is 31.2 Å². The van der Waals surface area contributed by atoms with Gasteiger partial charge in [0, 0.05) is 11.3 Å².